The van der Waals surface area contributed by atoms with Gasteiger partial charge in [0.1, 0.15) is 5.82 Å². The van der Waals surface area contributed by atoms with Crippen LogP contribution in [0.1, 0.15) is 5.56 Å². The Kier molecular flexibility index (Phi) is 3.00. The first-order valence-corrected chi connectivity index (χ1v) is 6.47. The standard InChI is InChI=1S/C13H9FN2O2S/c14-10-4-1-3-9(7-10)8-16-12(15-18-13(16)17)11-5-2-6-19-11/h1-7H,8H2. The average Bonchev–Trinajstić information content (AvgIpc) is 3.01. The van der Waals surface area contributed by atoms with Gasteiger partial charge in [-0.15, -0.1) is 11.3 Å². The molecule has 0 fully saturated rings. The smallest absolute Gasteiger partial charge is 0.295 e. The van der Waals surface area contributed by atoms with E-state index in [4.69, 9.17) is 4.52 Å². The molecule has 6 heteroatoms. The molecule has 0 radical (unpaired) electrons. The van der Waals surface area contributed by atoms with Gasteiger partial charge < -0.3 is 0 Å². The van der Waals surface area contributed by atoms with Gasteiger partial charge in [-0.05, 0) is 29.1 Å². The first-order chi connectivity index (χ1) is 9.24. The lowest BCUT2D eigenvalue weighted by atomic mass is 10.2. The highest BCUT2D eigenvalue weighted by Crippen LogP contribution is 2.22. The van der Waals surface area contributed by atoms with Crippen LogP contribution >= 0.6 is 11.3 Å². The quantitative estimate of drug-likeness (QED) is 0.739. The summed E-state index contributed by atoms with van der Waals surface area (Å²) in [6.45, 7) is 0.229. The molecule has 3 aromatic rings. The second-order valence-corrected chi connectivity index (χ2v) is 4.91. The Morgan fingerprint density at radius 1 is 1.32 bits per heavy atom. The molecule has 0 saturated carbocycles. The number of halogens is 1. The summed E-state index contributed by atoms with van der Waals surface area (Å²) >= 11 is 1.46. The van der Waals surface area contributed by atoms with Gasteiger partial charge in [0, 0.05) is 0 Å². The molecule has 0 aliphatic carbocycles. The number of rotatable bonds is 3. The van der Waals surface area contributed by atoms with Gasteiger partial charge in [0.25, 0.3) is 0 Å². The van der Waals surface area contributed by atoms with Crippen LogP contribution in [-0.4, -0.2) is 9.72 Å². The highest BCUT2D eigenvalue weighted by Gasteiger charge is 2.14. The molecule has 4 nitrogen and oxygen atoms in total. The van der Waals surface area contributed by atoms with E-state index in [0.717, 1.165) is 4.88 Å². The lowest BCUT2D eigenvalue weighted by molar-refractivity contribution is 0.378. The molecular weight excluding hydrogens is 267 g/mol. The zero-order valence-electron chi connectivity index (χ0n) is 9.75. The first-order valence-electron chi connectivity index (χ1n) is 5.59. The van der Waals surface area contributed by atoms with E-state index in [0.29, 0.717) is 11.4 Å². The molecule has 0 amide bonds. The monoisotopic (exact) mass is 276 g/mol. The van der Waals surface area contributed by atoms with Gasteiger partial charge in [0.15, 0.2) is 5.82 Å². The Labute approximate surface area is 111 Å². The normalized spacial score (nSPS) is 10.8. The maximum Gasteiger partial charge on any atom is 0.442 e. The van der Waals surface area contributed by atoms with E-state index in [2.05, 4.69) is 5.16 Å². The fraction of sp³-hybridized carbons (Fsp3) is 0.0769. The Bertz CT molecular complexity index is 746. The third kappa shape index (κ3) is 2.34. The van der Waals surface area contributed by atoms with Gasteiger partial charge >= 0.3 is 5.76 Å². The predicted octanol–water partition coefficient (Wildman–Crippen LogP) is 2.75. The molecule has 0 aliphatic rings. The summed E-state index contributed by atoms with van der Waals surface area (Å²) in [4.78, 5) is 12.5. The lowest BCUT2D eigenvalue weighted by Crippen LogP contribution is -2.16. The Morgan fingerprint density at radius 2 is 2.21 bits per heavy atom. The van der Waals surface area contributed by atoms with Crippen molar-refractivity contribution < 1.29 is 8.91 Å². The fourth-order valence-electron chi connectivity index (χ4n) is 1.81. The topological polar surface area (TPSA) is 48.0 Å². The second-order valence-electron chi connectivity index (χ2n) is 3.97. The number of hydrogen-bond acceptors (Lipinski definition) is 4. The van der Waals surface area contributed by atoms with E-state index in [1.54, 1.807) is 12.1 Å². The van der Waals surface area contributed by atoms with Crippen molar-refractivity contribution in [3.63, 3.8) is 0 Å². The molecule has 96 valence electrons. The molecule has 2 aromatic heterocycles. The molecule has 0 aliphatic heterocycles. The molecule has 1 aromatic carbocycles. The summed E-state index contributed by atoms with van der Waals surface area (Å²) in [6.07, 6.45) is 0. The van der Waals surface area contributed by atoms with Gasteiger partial charge in [-0.2, -0.15) is 0 Å². The largest absolute Gasteiger partial charge is 0.442 e. The minimum Gasteiger partial charge on any atom is -0.295 e. The molecule has 3 rings (SSSR count). The highest BCUT2D eigenvalue weighted by molar-refractivity contribution is 7.13. The van der Waals surface area contributed by atoms with E-state index in [1.165, 1.54) is 28.0 Å². The SMILES string of the molecule is O=c1onc(-c2cccs2)n1Cc1cccc(F)c1. The van der Waals surface area contributed by atoms with Crippen molar-refractivity contribution in [2.24, 2.45) is 0 Å². The lowest BCUT2D eigenvalue weighted by Gasteiger charge is -2.03. The van der Waals surface area contributed by atoms with Crippen LogP contribution in [0.3, 0.4) is 0 Å². The van der Waals surface area contributed by atoms with Gasteiger partial charge in [0.2, 0.25) is 0 Å². The minimum atomic E-state index is -0.548. The molecule has 2 heterocycles. The fourth-order valence-corrected chi connectivity index (χ4v) is 2.52. The highest BCUT2D eigenvalue weighted by atomic mass is 32.1. The molecular formula is C13H9FN2O2S. The molecule has 0 atom stereocenters. The zero-order chi connectivity index (χ0) is 13.2. The van der Waals surface area contributed by atoms with Crippen molar-refractivity contribution in [1.29, 1.82) is 0 Å². The third-order valence-corrected chi connectivity index (χ3v) is 3.52. The maximum atomic E-state index is 13.1. The van der Waals surface area contributed by atoms with E-state index in [9.17, 15) is 9.18 Å². The van der Waals surface area contributed by atoms with Gasteiger partial charge in [-0.25, -0.2) is 9.18 Å². The van der Waals surface area contributed by atoms with Crippen LogP contribution in [0.15, 0.2) is 51.1 Å². The van der Waals surface area contributed by atoms with Gasteiger partial charge in [-0.1, -0.05) is 23.4 Å². The van der Waals surface area contributed by atoms with Crippen molar-refractivity contribution in [1.82, 2.24) is 9.72 Å². The zero-order valence-corrected chi connectivity index (χ0v) is 10.6. The Hall–Kier alpha value is -2.21. The van der Waals surface area contributed by atoms with Crippen LogP contribution in [0.25, 0.3) is 10.7 Å². The molecule has 19 heavy (non-hydrogen) atoms. The maximum absolute atomic E-state index is 13.1. The number of thiophene rings is 1. The molecule has 0 N–H and O–H groups in total. The van der Waals surface area contributed by atoms with E-state index in [1.807, 2.05) is 17.5 Å². The minimum absolute atomic E-state index is 0.229. The Morgan fingerprint density at radius 3 is 2.95 bits per heavy atom. The molecule has 0 saturated heterocycles. The molecule has 0 bridgehead atoms. The molecule has 0 unspecified atom stereocenters. The summed E-state index contributed by atoms with van der Waals surface area (Å²) in [5.74, 6) is -0.420. The van der Waals surface area contributed by atoms with Crippen LogP contribution in [0, 0.1) is 5.82 Å². The van der Waals surface area contributed by atoms with E-state index in [-0.39, 0.29) is 12.4 Å². The summed E-state index contributed by atoms with van der Waals surface area (Å²) in [5.41, 5.74) is 0.683. The molecule has 0 spiro atoms. The van der Waals surface area contributed by atoms with Gasteiger partial charge in [-0.3, -0.25) is 9.09 Å². The van der Waals surface area contributed by atoms with Crippen LogP contribution in [0.2, 0.25) is 0 Å². The Balaban J connectivity index is 2.02. The van der Waals surface area contributed by atoms with Crippen molar-refractivity contribution >= 4 is 11.3 Å². The van der Waals surface area contributed by atoms with Crippen LogP contribution in [-0.2, 0) is 6.54 Å². The van der Waals surface area contributed by atoms with Crippen LogP contribution < -0.4 is 5.76 Å². The van der Waals surface area contributed by atoms with Crippen molar-refractivity contribution in [2.75, 3.05) is 0 Å². The van der Waals surface area contributed by atoms with Gasteiger partial charge in [0.05, 0.1) is 11.4 Å². The first kappa shape index (κ1) is 11.9. The van der Waals surface area contributed by atoms with Crippen molar-refractivity contribution in [3.05, 3.63) is 63.7 Å². The van der Waals surface area contributed by atoms with Crippen LogP contribution in [0.5, 0.6) is 0 Å². The number of hydrogen-bond donors (Lipinski definition) is 0. The number of aromatic nitrogens is 2. The summed E-state index contributed by atoms with van der Waals surface area (Å²) in [7, 11) is 0. The van der Waals surface area contributed by atoms with E-state index >= 15 is 0 Å². The van der Waals surface area contributed by atoms with Crippen LogP contribution in [0.4, 0.5) is 4.39 Å². The van der Waals surface area contributed by atoms with E-state index < -0.39 is 5.76 Å². The summed E-state index contributed by atoms with van der Waals surface area (Å²) < 4.78 is 19.2. The summed E-state index contributed by atoms with van der Waals surface area (Å²) in [6, 6.07) is 9.82. The van der Waals surface area contributed by atoms with Crippen molar-refractivity contribution in [2.45, 2.75) is 6.54 Å². The third-order valence-electron chi connectivity index (χ3n) is 2.66. The number of nitrogens with zero attached hydrogens (tertiary/aromatic N) is 2. The summed E-state index contributed by atoms with van der Waals surface area (Å²) in [5, 5.41) is 5.66. The predicted molar refractivity (Wildman–Crippen MR) is 69.6 cm³/mol. The van der Waals surface area contributed by atoms with Crippen molar-refractivity contribution in [3.8, 4) is 10.7 Å². The number of benzene rings is 1. The average molecular weight is 276 g/mol. The second kappa shape index (κ2) is 4.81.